The number of methoxy groups -OCH3 is 2. The summed E-state index contributed by atoms with van der Waals surface area (Å²) in [5.41, 5.74) is 1.17. The van der Waals surface area contributed by atoms with Gasteiger partial charge in [0, 0.05) is 25.6 Å². The molecule has 0 spiro atoms. The van der Waals surface area contributed by atoms with Gasteiger partial charge in [-0.1, -0.05) is 6.07 Å². The number of fused-ring (bicyclic) bond motifs is 1. The van der Waals surface area contributed by atoms with Crippen molar-refractivity contribution in [1.29, 1.82) is 0 Å². The van der Waals surface area contributed by atoms with Crippen LogP contribution in [0.5, 0.6) is 5.75 Å². The van der Waals surface area contributed by atoms with E-state index in [2.05, 4.69) is 10.3 Å². The van der Waals surface area contributed by atoms with Crippen LogP contribution in [0.15, 0.2) is 30.3 Å². The van der Waals surface area contributed by atoms with Crippen molar-refractivity contribution in [2.75, 3.05) is 40.6 Å². The number of benzene rings is 1. The third kappa shape index (κ3) is 5.19. The molecule has 0 radical (unpaired) electrons. The molecule has 23 heavy (non-hydrogen) atoms. The molecule has 2 rings (SSSR count). The minimum atomic E-state index is -0.181. The summed E-state index contributed by atoms with van der Waals surface area (Å²) >= 11 is 0. The molecule has 0 fully saturated rings. The lowest BCUT2D eigenvalue weighted by atomic mass is 10.2. The van der Waals surface area contributed by atoms with E-state index in [1.807, 2.05) is 24.3 Å². The Kier molecular flexibility index (Phi) is 6.77. The lowest BCUT2D eigenvalue weighted by molar-refractivity contribution is 0.0688. The first kappa shape index (κ1) is 17.2. The minimum absolute atomic E-state index is 0.181. The maximum atomic E-state index is 12.1. The minimum Gasteiger partial charge on any atom is -0.497 e. The molecule has 0 saturated carbocycles. The molecule has 0 aliphatic heterocycles. The van der Waals surface area contributed by atoms with Crippen molar-refractivity contribution >= 4 is 16.8 Å². The number of nitrogens with one attached hydrogen (secondary N) is 1. The summed E-state index contributed by atoms with van der Waals surface area (Å²) in [5, 5.41) is 3.78. The van der Waals surface area contributed by atoms with E-state index in [9.17, 15) is 4.79 Å². The first-order chi connectivity index (χ1) is 11.2. The predicted octanol–water partition coefficient (Wildman–Crippen LogP) is 2.03. The Morgan fingerprint density at radius 1 is 1.13 bits per heavy atom. The summed E-state index contributed by atoms with van der Waals surface area (Å²) in [6.45, 7) is 2.29. The van der Waals surface area contributed by atoms with Crippen LogP contribution in [0.25, 0.3) is 10.9 Å². The number of pyridine rings is 1. The Morgan fingerprint density at radius 3 is 2.78 bits per heavy atom. The predicted molar refractivity (Wildman–Crippen MR) is 87.9 cm³/mol. The van der Waals surface area contributed by atoms with Crippen LogP contribution in [-0.4, -0.2) is 51.5 Å². The van der Waals surface area contributed by atoms with Crippen molar-refractivity contribution in [1.82, 2.24) is 10.3 Å². The van der Waals surface area contributed by atoms with Gasteiger partial charge < -0.3 is 19.5 Å². The molecular formula is C17H22N2O4. The fourth-order valence-corrected chi connectivity index (χ4v) is 2.07. The van der Waals surface area contributed by atoms with Gasteiger partial charge in [-0.3, -0.25) is 4.79 Å². The molecule has 0 saturated heterocycles. The highest BCUT2D eigenvalue weighted by Gasteiger charge is 2.08. The largest absolute Gasteiger partial charge is 0.497 e. The summed E-state index contributed by atoms with van der Waals surface area (Å²) in [6.07, 6.45) is 0.750. The van der Waals surface area contributed by atoms with Crippen molar-refractivity contribution in [3.05, 3.63) is 36.0 Å². The number of rotatable bonds is 9. The molecule has 1 aromatic heterocycles. The second kappa shape index (κ2) is 9.07. The smallest absolute Gasteiger partial charge is 0.269 e. The molecular weight excluding hydrogens is 296 g/mol. The number of aromatic nitrogens is 1. The molecule has 0 aliphatic rings. The molecule has 2 aromatic rings. The number of carbonyl (C=O) groups is 1. The number of amides is 1. The van der Waals surface area contributed by atoms with Gasteiger partial charge in [0.2, 0.25) is 0 Å². The van der Waals surface area contributed by atoms with E-state index in [4.69, 9.17) is 14.2 Å². The van der Waals surface area contributed by atoms with E-state index in [0.717, 1.165) is 23.1 Å². The van der Waals surface area contributed by atoms with Crippen LogP contribution in [-0.2, 0) is 9.47 Å². The Bertz CT molecular complexity index is 646. The summed E-state index contributed by atoms with van der Waals surface area (Å²) < 4.78 is 15.4. The quantitative estimate of drug-likeness (QED) is 0.716. The van der Waals surface area contributed by atoms with Gasteiger partial charge in [0.15, 0.2) is 0 Å². The van der Waals surface area contributed by atoms with Crippen LogP contribution >= 0.6 is 0 Å². The normalized spacial score (nSPS) is 10.7. The lowest BCUT2D eigenvalue weighted by Gasteiger charge is -2.07. The van der Waals surface area contributed by atoms with E-state index in [1.165, 1.54) is 0 Å². The van der Waals surface area contributed by atoms with Gasteiger partial charge in [0.1, 0.15) is 11.4 Å². The Morgan fingerprint density at radius 2 is 2.00 bits per heavy atom. The second-order valence-corrected chi connectivity index (χ2v) is 4.97. The number of nitrogens with zero attached hydrogens (tertiary/aromatic N) is 1. The fraction of sp³-hybridized carbons (Fsp3) is 0.412. The summed E-state index contributed by atoms with van der Waals surface area (Å²) in [6, 6.07) is 9.14. The maximum absolute atomic E-state index is 12.1. The molecule has 1 N–H and O–H groups in total. The van der Waals surface area contributed by atoms with Gasteiger partial charge in [0.25, 0.3) is 5.91 Å². The molecule has 1 aromatic carbocycles. The van der Waals surface area contributed by atoms with Crippen molar-refractivity contribution in [3.8, 4) is 5.75 Å². The van der Waals surface area contributed by atoms with Crippen LogP contribution in [0, 0.1) is 0 Å². The zero-order chi connectivity index (χ0) is 16.5. The van der Waals surface area contributed by atoms with Crippen LogP contribution in [0.3, 0.4) is 0 Å². The van der Waals surface area contributed by atoms with Gasteiger partial charge in [0.05, 0.1) is 25.8 Å². The SMILES string of the molecule is COCCOCCCNC(=O)c1ccc2cc(OC)ccc2n1. The molecule has 0 aliphatic carbocycles. The van der Waals surface area contributed by atoms with E-state index in [1.54, 1.807) is 20.3 Å². The standard InChI is InChI=1S/C17H22N2O4/c1-21-10-11-23-9-3-8-18-17(20)16-6-4-13-12-14(22-2)5-7-15(13)19-16/h4-7,12H,3,8-11H2,1-2H3,(H,18,20). The van der Waals surface area contributed by atoms with E-state index in [0.29, 0.717) is 32.1 Å². The van der Waals surface area contributed by atoms with Gasteiger partial charge in [-0.25, -0.2) is 4.98 Å². The Balaban J connectivity index is 1.84. The Hall–Kier alpha value is -2.18. The van der Waals surface area contributed by atoms with Gasteiger partial charge in [-0.15, -0.1) is 0 Å². The summed E-state index contributed by atoms with van der Waals surface area (Å²) in [7, 11) is 3.26. The van der Waals surface area contributed by atoms with Crippen LogP contribution in [0.1, 0.15) is 16.9 Å². The summed E-state index contributed by atoms with van der Waals surface area (Å²) in [5.74, 6) is 0.588. The molecule has 6 nitrogen and oxygen atoms in total. The average molecular weight is 318 g/mol. The number of hydrogen-bond acceptors (Lipinski definition) is 5. The van der Waals surface area contributed by atoms with Gasteiger partial charge >= 0.3 is 0 Å². The number of ether oxygens (including phenoxy) is 3. The number of hydrogen-bond donors (Lipinski definition) is 1. The highest BCUT2D eigenvalue weighted by atomic mass is 16.5. The third-order valence-electron chi connectivity index (χ3n) is 3.31. The van der Waals surface area contributed by atoms with Crippen molar-refractivity contribution in [2.24, 2.45) is 0 Å². The van der Waals surface area contributed by atoms with E-state index >= 15 is 0 Å². The van der Waals surface area contributed by atoms with Gasteiger partial charge in [-0.05, 0) is 30.7 Å². The Labute approximate surface area is 135 Å². The zero-order valence-electron chi connectivity index (χ0n) is 13.5. The molecule has 0 bridgehead atoms. The molecule has 1 heterocycles. The number of carbonyl (C=O) groups excluding carboxylic acids is 1. The topological polar surface area (TPSA) is 69.7 Å². The fourth-order valence-electron chi connectivity index (χ4n) is 2.07. The van der Waals surface area contributed by atoms with E-state index < -0.39 is 0 Å². The van der Waals surface area contributed by atoms with Crippen molar-refractivity contribution < 1.29 is 19.0 Å². The highest BCUT2D eigenvalue weighted by Crippen LogP contribution is 2.19. The van der Waals surface area contributed by atoms with Gasteiger partial charge in [-0.2, -0.15) is 0 Å². The molecule has 0 unspecified atom stereocenters. The lowest BCUT2D eigenvalue weighted by Crippen LogP contribution is -2.26. The van der Waals surface area contributed by atoms with Crippen molar-refractivity contribution in [3.63, 3.8) is 0 Å². The first-order valence-electron chi connectivity index (χ1n) is 7.54. The maximum Gasteiger partial charge on any atom is 0.269 e. The van der Waals surface area contributed by atoms with Crippen molar-refractivity contribution in [2.45, 2.75) is 6.42 Å². The monoisotopic (exact) mass is 318 g/mol. The molecule has 0 atom stereocenters. The average Bonchev–Trinajstić information content (AvgIpc) is 2.59. The zero-order valence-corrected chi connectivity index (χ0v) is 13.5. The first-order valence-corrected chi connectivity index (χ1v) is 7.54. The molecule has 124 valence electrons. The third-order valence-corrected chi connectivity index (χ3v) is 3.31. The molecule has 1 amide bonds. The summed E-state index contributed by atoms with van der Waals surface area (Å²) in [4.78, 5) is 16.5. The second-order valence-electron chi connectivity index (χ2n) is 4.97. The van der Waals surface area contributed by atoms with Crippen LogP contribution < -0.4 is 10.1 Å². The van der Waals surface area contributed by atoms with E-state index in [-0.39, 0.29) is 5.91 Å². The van der Waals surface area contributed by atoms with Crippen LogP contribution in [0.4, 0.5) is 0 Å². The molecule has 6 heteroatoms. The van der Waals surface area contributed by atoms with Crippen LogP contribution in [0.2, 0.25) is 0 Å². The highest BCUT2D eigenvalue weighted by molar-refractivity contribution is 5.95.